The average Bonchev–Trinajstić information content (AvgIpc) is 3.67. The van der Waals surface area contributed by atoms with Crippen molar-refractivity contribution in [3.63, 3.8) is 0 Å². The Kier molecular flexibility index (Phi) is 6.75. The zero-order chi connectivity index (χ0) is 24.4. The number of benzene rings is 2. The molecule has 184 valence electrons. The van der Waals surface area contributed by atoms with E-state index in [1.807, 2.05) is 24.3 Å². The number of carboxylic acid groups (broad SMARTS) is 1. The number of nitrogens with one attached hydrogen (secondary N) is 1. The number of carbonyl (C=O) groups excluding carboxylic acids is 2. The van der Waals surface area contributed by atoms with E-state index in [1.54, 1.807) is 4.90 Å². The second-order valence-electron chi connectivity index (χ2n) is 10.0. The van der Waals surface area contributed by atoms with Gasteiger partial charge in [-0.1, -0.05) is 55.0 Å². The maximum Gasteiger partial charge on any atom is 0.407 e. The molecule has 2 saturated carbocycles. The molecule has 0 aromatic heterocycles. The summed E-state index contributed by atoms with van der Waals surface area (Å²) in [6, 6.07) is 16.6. The normalized spacial score (nSPS) is 21.0. The molecule has 7 heteroatoms. The molecule has 5 rings (SSSR count). The first-order valence-electron chi connectivity index (χ1n) is 12.6. The SMILES string of the molecule is O=C(O)CN(C(=O)C1CCCC(CNC(=O)OCC2c3ccccc3-c3ccccc32)C1)C1CC1. The summed E-state index contributed by atoms with van der Waals surface area (Å²) in [7, 11) is 0. The Hall–Kier alpha value is -3.35. The molecule has 2 atom stereocenters. The second kappa shape index (κ2) is 10.1. The average molecular weight is 477 g/mol. The summed E-state index contributed by atoms with van der Waals surface area (Å²) in [4.78, 5) is 38.3. The van der Waals surface area contributed by atoms with Crippen LogP contribution in [0.2, 0.25) is 0 Å². The minimum absolute atomic E-state index is 0.0208. The van der Waals surface area contributed by atoms with Crippen LogP contribution in [0.4, 0.5) is 4.79 Å². The van der Waals surface area contributed by atoms with Crippen LogP contribution >= 0.6 is 0 Å². The van der Waals surface area contributed by atoms with Crippen LogP contribution in [0.1, 0.15) is 55.6 Å². The van der Waals surface area contributed by atoms with Crippen LogP contribution in [0, 0.1) is 11.8 Å². The first-order valence-corrected chi connectivity index (χ1v) is 12.6. The predicted molar refractivity (Wildman–Crippen MR) is 131 cm³/mol. The number of alkyl carbamates (subject to hydrolysis) is 1. The number of carboxylic acids is 1. The summed E-state index contributed by atoms with van der Waals surface area (Å²) in [5, 5.41) is 12.1. The van der Waals surface area contributed by atoms with Gasteiger partial charge in [0.2, 0.25) is 5.91 Å². The number of aliphatic carboxylic acids is 1. The summed E-state index contributed by atoms with van der Waals surface area (Å²) in [6.07, 6.45) is 4.63. The lowest BCUT2D eigenvalue weighted by molar-refractivity contribution is -0.147. The number of nitrogens with zero attached hydrogens (tertiary/aromatic N) is 1. The molecule has 35 heavy (non-hydrogen) atoms. The van der Waals surface area contributed by atoms with Crippen LogP contribution in [-0.2, 0) is 14.3 Å². The Morgan fingerprint density at radius 1 is 0.943 bits per heavy atom. The fourth-order valence-corrected chi connectivity index (χ4v) is 5.73. The number of carbonyl (C=O) groups is 3. The maximum absolute atomic E-state index is 13.0. The lowest BCUT2D eigenvalue weighted by atomic mass is 9.80. The lowest BCUT2D eigenvalue weighted by Crippen LogP contribution is -2.43. The molecule has 0 spiro atoms. The number of rotatable bonds is 8. The standard InChI is InChI=1S/C28H32N2O5/c31-26(32)16-30(20-12-13-20)27(33)19-7-5-6-18(14-19)15-29-28(34)35-17-25-23-10-3-1-8-21(23)22-9-2-4-11-24(22)25/h1-4,8-11,18-20,25H,5-7,12-17H2,(H,29,34)(H,31,32). The summed E-state index contributed by atoms with van der Waals surface area (Å²) in [6.45, 7) is 0.517. The van der Waals surface area contributed by atoms with Gasteiger partial charge in [-0.25, -0.2) is 4.79 Å². The second-order valence-corrected chi connectivity index (χ2v) is 10.0. The summed E-state index contributed by atoms with van der Waals surface area (Å²) in [5.74, 6) is -0.968. The van der Waals surface area contributed by atoms with E-state index in [9.17, 15) is 19.5 Å². The molecule has 0 heterocycles. The molecule has 2 amide bonds. The number of hydrogen-bond acceptors (Lipinski definition) is 4. The van der Waals surface area contributed by atoms with Crippen molar-refractivity contribution in [2.24, 2.45) is 11.8 Å². The highest BCUT2D eigenvalue weighted by molar-refractivity contribution is 5.84. The molecule has 2 N–H and O–H groups in total. The minimum atomic E-state index is -0.963. The number of amides is 2. The summed E-state index contributed by atoms with van der Waals surface area (Å²) in [5.41, 5.74) is 4.74. The molecule has 3 aliphatic carbocycles. The van der Waals surface area contributed by atoms with Crippen LogP contribution in [0.25, 0.3) is 11.1 Å². The van der Waals surface area contributed by atoms with Gasteiger partial charge in [-0.15, -0.1) is 0 Å². The molecule has 0 saturated heterocycles. The number of fused-ring (bicyclic) bond motifs is 3. The molecule has 7 nitrogen and oxygen atoms in total. The minimum Gasteiger partial charge on any atom is -0.480 e. The first-order chi connectivity index (χ1) is 17.0. The van der Waals surface area contributed by atoms with Crippen molar-refractivity contribution in [1.82, 2.24) is 10.2 Å². The molecular formula is C28H32N2O5. The van der Waals surface area contributed by atoms with Crippen molar-refractivity contribution < 1.29 is 24.2 Å². The molecule has 0 bridgehead atoms. The highest BCUT2D eigenvalue weighted by Crippen LogP contribution is 2.44. The van der Waals surface area contributed by atoms with Gasteiger partial charge < -0.3 is 20.1 Å². The van der Waals surface area contributed by atoms with Gasteiger partial charge in [-0.3, -0.25) is 9.59 Å². The van der Waals surface area contributed by atoms with E-state index in [2.05, 4.69) is 29.6 Å². The lowest BCUT2D eigenvalue weighted by Gasteiger charge is -2.32. The summed E-state index contributed by atoms with van der Waals surface area (Å²) >= 11 is 0. The third-order valence-electron chi connectivity index (χ3n) is 7.59. The van der Waals surface area contributed by atoms with E-state index in [1.165, 1.54) is 22.3 Å². The zero-order valence-corrected chi connectivity index (χ0v) is 19.8. The van der Waals surface area contributed by atoms with Crippen molar-refractivity contribution >= 4 is 18.0 Å². The predicted octanol–water partition coefficient (Wildman–Crippen LogP) is 4.41. The van der Waals surface area contributed by atoms with Crippen LogP contribution in [-0.4, -0.2) is 53.7 Å². The van der Waals surface area contributed by atoms with Gasteiger partial charge in [0.1, 0.15) is 13.2 Å². The van der Waals surface area contributed by atoms with Crippen molar-refractivity contribution in [3.05, 3.63) is 59.7 Å². The Morgan fingerprint density at radius 3 is 2.23 bits per heavy atom. The van der Waals surface area contributed by atoms with Crippen molar-refractivity contribution in [1.29, 1.82) is 0 Å². The van der Waals surface area contributed by atoms with E-state index in [-0.39, 0.29) is 42.9 Å². The zero-order valence-electron chi connectivity index (χ0n) is 19.8. The first kappa shape index (κ1) is 23.4. The van der Waals surface area contributed by atoms with Gasteiger partial charge in [0.15, 0.2) is 0 Å². The van der Waals surface area contributed by atoms with E-state index >= 15 is 0 Å². The Morgan fingerprint density at radius 2 is 1.60 bits per heavy atom. The van der Waals surface area contributed by atoms with Gasteiger partial charge in [0.05, 0.1) is 0 Å². The third kappa shape index (κ3) is 5.19. The van der Waals surface area contributed by atoms with Gasteiger partial charge in [0, 0.05) is 24.4 Å². The molecule has 2 aromatic carbocycles. The van der Waals surface area contributed by atoms with Gasteiger partial charge in [-0.2, -0.15) is 0 Å². The van der Waals surface area contributed by atoms with E-state index in [0.717, 1.165) is 32.1 Å². The highest BCUT2D eigenvalue weighted by atomic mass is 16.5. The van der Waals surface area contributed by atoms with Crippen molar-refractivity contribution in [2.45, 2.75) is 50.5 Å². The fourth-order valence-electron chi connectivity index (χ4n) is 5.73. The molecule has 2 aromatic rings. The van der Waals surface area contributed by atoms with Gasteiger partial charge in [-0.05, 0) is 60.3 Å². The fraction of sp³-hybridized carbons (Fsp3) is 0.464. The Balaban J connectivity index is 1.13. The third-order valence-corrected chi connectivity index (χ3v) is 7.59. The Labute approximate surface area is 205 Å². The molecule has 0 radical (unpaired) electrons. The molecule has 0 aliphatic heterocycles. The quantitative estimate of drug-likeness (QED) is 0.589. The number of hydrogen-bond donors (Lipinski definition) is 2. The smallest absolute Gasteiger partial charge is 0.407 e. The van der Waals surface area contributed by atoms with Crippen molar-refractivity contribution in [3.8, 4) is 11.1 Å². The molecule has 3 aliphatic rings. The van der Waals surface area contributed by atoms with E-state index in [0.29, 0.717) is 13.0 Å². The molecular weight excluding hydrogens is 444 g/mol. The largest absolute Gasteiger partial charge is 0.480 e. The topological polar surface area (TPSA) is 95.9 Å². The van der Waals surface area contributed by atoms with E-state index < -0.39 is 12.1 Å². The maximum atomic E-state index is 13.0. The van der Waals surface area contributed by atoms with Gasteiger partial charge in [0.25, 0.3) is 0 Å². The molecule has 2 fully saturated rings. The van der Waals surface area contributed by atoms with Crippen LogP contribution in [0.15, 0.2) is 48.5 Å². The monoisotopic (exact) mass is 476 g/mol. The highest BCUT2D eigenvalue weighted by Gasteiger charge is 2.38. The Bertz CT molecular complexity index is 1070. The van der Waals surface area contributed by atoms with Gasteiger partial charge >= 0.3 is 12.1 Å². The van der Waals surface area contributed by atoms with Crippen molar-refractivity contribution in [2.75, 3.05) is 19.7 Å². The van der Waals surface area contributed by atoms with Crippen LogP contribution in [0.3, 0.4) is 0 Å². The van der Waals surface area contributed by atoms with E-state index in [4.69, 9.17) is 4.74 Å². The van der Waals surface area contributed by atoms with Crippen LogP contribution in [0.5, 0.6) is 0 Å². The summed E-state index contributed by atoms with van der Waals surface area (Å²) < 4.78 is 5.64. The van der Waals surface area contributed by atoms with Crippen LogP contribution < -0.4 is 5.32 Å². The molecule has 2 unspecified atom stereocenters. The number of ether oxygens (including phenoxy) is 1.